The van der Waals surface area contributed by atoms with Gasteiger partial charge in [-0.1, -0.05) is 25.1 Å². The highest BCUT2D eigenvalue weighted by Crippen LogP contribution is 2.20. The predicted octanol–water partition coefficient (Wildman–Crippen LogP) is 1.66. The van der Waals surface area contributed by atoms with E-state index in [0.29, 0.717) is 13.1 Å². The zero-order chi connectivity index (χ0) is 12.1. The molecule has 0 saturated carbocycles. The molecular weight excluding hydrogens is 216 g/mol. The van der Waals surface area contributed by atoms with Gasteiger partial charge < -0.3 is 15.1 Å². The van der Waals surface area contributed by atoms with Crippen LogP contribution in [0.3, 0.4) is 0 Å². The molecule has 90 valence electrons. The van der Waals surface area contributed by atoms with E-state index in [0.717, 1.165) is 23.1 Å². The largest absolute Gasteiger partial charge is 0.464 e. The van der Waals surface area contributed by atoms with Gasteiger partial charge in [0, 0.05) is 17.5 Å². The molecule has 0 saturated heterocycles. The number of carbonyl (C=O) groups is 1. The highest BCUT2D eigenvalue weighted by atomic mass is 16.3. The third-order valence-electron chi connectivity index (χ3n) is 2.57. The lowest BCUT2D eigenvalue weighted by atomic mass is 10.2. The van der Waals surface area contributed by atoms with Crippen LogP contribution in [0.1, 0.15) is 12.5 Å². The predicted molar refractivity (Wildman–Crippen MR) is 66.6 cm³/mol. The van der Waals surface area contributed by atoms with E-state index < -0.39 is 0 Å². The zero-order valence-electron chi connectivity index (χ0n) is 9.82. The maximum atomic E-state index is 11.4. The Morgan fingerprint density at radius 1 is 1.35 bits per heavy atom. The van der Waals surface area contributed by atoms with Gasteiger partial charge >= 0.3 is 0 Å². The van der Waals surface area contributed by atoms with Gasteiger partial charge in [-0.25, -0.2) is 0 Å². The number of hydrogen-bond donors (Lipinski definition) is 2. The van der Waals surface area contributed by atoms with E-state index in [-0.39, 0.29) is 5.91 Å². The van der Waals surface area contributed by atoms with Crippen molar-refractivity contribution < 1.29 is 9.21 Å². The molecule has 2 N–H and O–H groups in total. The fraction of sp³-hybridized carbons (Fsp3) is 0.308. The Balaban J connectivity index is 1.97. The minimum atomic E-state index is -0.00266. The maximum absolute atomic E-state index is 11.4. The van der Waals surface area contributed by atoms with Crippen molar-refractivity contribution in [1.82, 2.24) is 10.6 Å². The van der Waals surface area contributed by atoms with Crippen molar-refractivity contribution in [2.24, 2.45) is 0 Å². The molecule has 0 aliphatic carbocycles. The molecule has 0 atom stereocenters. The molecule has 0 spiro atoms. The molecule has 1 heterocycles. The second-order valence-corrected chi connectivity index (χ2v) is 3.81. The van der Waals surface area contributed by atoms with Gasteiger partial charge in [0.1, 0.15) is 5.58 Å². The van der Waals surface area contributed by atoms with Gasteiger partial charge in [-0.2, -0.15) is 0 Å². The molecule has 4 heteroatoms. The van der Waals surface area contributed by atoms with Gasteiger partial charge in [0.15, 0.2) is 0 Å². The number of para-hydroxylation sites is 1. The second-order valence-electron chi connectivity index (χ2n) is 3.81. The Kier molecular flexibility index (Phi) is 3.77. The van der Waals surface area contributed by atoms with Gasteiger partial charge in [-0.3, -0.25) is 4.79 Å². The lowest BCUT2D eigenvalue weighted by molar-refractivity contribution is -0.120. The molecule has 1 aromatic carbocycles. The van der Waals surface area contributed by atoms with Crippen LogP contribution in [-0.2, 0) is 11.3 Å². The molecular formula is C13H16N2O2. The highest BCUT2D eigenvalue weighted by Gasteiger charge is 2.06. The SMILES string of the molecule is CCNCC(=O)NCc1coc2ccccc12. The van der Waals surface area contributed by atoms with E-state index in [9.17, 15) is 4.79 Å². The number of hydrogen-bond acceptors (Lipinski definition) is 3. The summed E-state index contributed by atoms with van der Waals surface area (Å²) in [7, 11) is 0. The molecule has 0 unspecified atom stereocenters. The summed E-state index contributed by atoms with van der Waals surface area (Å²) >= 11 is 0. The van der Waals surface area contributed by atoms with Crippen LogP contribution in [0, 0.1) is 0 Å². The lowest BCUT2D eigenvalue weighted by Crippen LogP contribution is -2.33. The summed E-state index contributed by atoms with van der Waals surface area (Å²) in [6.45, 7) is 3.62. The van der Waals surface area contributed by atoms with Crippen molar-refractivity contribution in [2.45, 2.75) is 13.5 Å². The van der Waals surface area contributed by atoms with Gasteiger partial charge in [0.25, 0.3) is 0 Å². The number of rotatable bonds is 5. The third-order valence-corrected chi connectivity index (χ3v) is 2.57. The number of likely N-dealkylation sites (N-methyl/N-ethyl adjacent to an activating group) is 1. The average Bonchev–Trinajstić information content (AvgIpc) is 2.77. The first kappa shape index (κ1) is 11.7. The van der Waals surface area contributed by atoms with Crippen molar-refractivity contribution in [3.05, 3.63) is 36.1 Å². The number of carbonyl (C=O) groups excluding carboxylic acids is 1. The van der Waals surface area contributed by atoms with Crippen molar-refractivity contribution >= 4 is 16.9 Å². The highest BCUT2D eigenvalue weighted by molar-refractivity contribution is 5.82. The standard InChI is InChI=1S/C13H16N2O2/c1-2-14-8-13(16)15-7-10-9-17-12-6-4-3-5-11(10)12/h3-6,9,14H,2,7-8H2,1H3,(H,15,16). The summed E-state index contributed by atoms with van der Waals surface area (Å²) in [6.07, 6.45) is 1.69. The quantitative estimate of drug-likeness (QED) is 0.824. The minimum Gasteiger partial charge on any atom is -0.464 e. The van der Waals surface area contributed by atoms with Gasteiger partial charge in [-0.15, -0.1) is 0 Å². The number of amides is 1. The van der Waals surface area contributed by atoms with E-state index in [1.807, 2.05) is 31.2 Å². The molecule has 1 amide bonds. The number of furan rings is 1. The van der Waals surface area contributed by atoms with Crippen LogP contribution in [0.25, 0.3) is 11.0 Å². The Bertz CT molecular complexity index is 505. The average molecular weight is 232 g/mol. The number of fused-ring (bicyclic) bond motifs is 1. The van der Waals surface area contributed by atoms with Crippen LogP contribution in [0.5, 0.6) is 0 Å². The third kappa shape index (κ3) is 2.85. The fourth-order valence-corrected chi connectivity index (χ4v) is 1.66. The van der Waals surface area contributed by atoms with Gasteiger partial charge in [-0.05, 0) is 12.6 Å². The summed E-state index contributed by atoms with van der Waals surface area (Å²) in [5, 5.41) is 6.88. The molecule has 17 heavy (non-hydrogen) atoms. The summed E-state index contributed by atoms with van der Waals surface area (Å²) in [6, 6.07) is 7.80. The lowest BCUT2D eigenvalue weighted by Gasteiger charge is -2.03. The van der Waals surface area contributed by atoms with Crippen molar-refractivity contribution in [2.75, 3.05) is 13.1 Å². The summed E-state index contributed by atoms with van der Waals surface area (Å²) in [5.74, 6) is -0.00266. The molecule has 2 rings (SSSR count). The van der Waals surface area contributed by atoms with E-state index in [1.165, 1.54) is 0 Å². The molecule has 1 aromatic heterocycles. The Hall–Kier alpha value is -1.81. The smallest absolute Gasteiger partial charge is 0.234 e. The second kappa shape index (κ2) is 5.50. The van der Waals surface area contributed by atoms with Crippen LogP contribution >= 0.6 is 0 Å². The molecule has 0 bridgehead atoms. The van der Waals surface area contributed by atoms with E-state index >= 15 is 0 Å². The van der Waals surface area contributed by atoms with Crippen molar-refractivity contribution in [1.29, 1.82) is 0 Å². The number of benzene rings is 1. The number of nitrogens with one attached hydrogen (secondary N) is 2. The topological polar surface area (TPSA) is 54.3 Å². The maximum Gasteiger partial charge on any atom is 0.234 e. The summed E-state index contributed by atoms with van der Waals surface area (Å²) in [5.41, 5.74) is 1.86. The van der Waals surface area contributed by atoms with E-state index in [2.05, 4.69) is 10.6 Å². The molecule has 2 aromatic rings. The normalized spacial score (nSPS) is 10.6. The summed E-state index contributed by atoms with van der Waals surface area (Å²) in [4.78, 5) is 11.4. The zero-order valence-corrected chi connectivity index (χ0v) is 9.82. The first-order chi connectivity index (χ1) is 8.31. The van der Waals surface area contributed by atoms with Crippen LogP contribution in [0.4, 0.5) is 0 Å². The molecule has 0 aliphatic heterocycles. The minimum absolute atomic E-state index is 0.00266. The van der Waals surface area contributed by atoms with Crippen molar-refractivity contribution in [3.8, 4) is 0 Å². The molecule has 4 nitrogen and oxygen atoms in total. The fourth-order valence-electron chi connectivity index (χ4n) is 1.66. The van der Waals surface area contributed by atoms with Gasteiger partial charge in [0.2, 0.25) is 5.91 Å². The van der Waals surface area contributed by atoms with Crippen LogP contribution in [0.2, 0.25) is 0 Å². The Labute approximate surface area is 100.0 Å². The molecule has 0 radical (unpaired) electrons. The molecule has 0 aliphatic rings. The van der Waals surface area contributed by atoms with Crippen LogP contribution < -0.4 is 10.6 Å². The Morgan fingerprint density at radius 3 is 3.00 bits per heavy atom. The van der Waals surface area contributed by atoms with Crippen LogP contribution in [0.15, 0.2) is 34.9 Å². The van der Waals surface area contributed by atoms with Crippen LogP contribution in [-0.4, -0.2) is 19.0 Å². The molecule has 0 fully saturated rings. The first-order valence-corrected chi connectivity index (χ1v) is 5.73. The Morgan fingerprint density at radius 2 is 2.18 bits per heavy atom. The van der Waals surface area contributed by atoms with Crippen molar-refractivity contribution in [3.63, 3.8) is 0 Å². The van der Waals surface area contributed by atoms with E-state index in [1.54, 1.807) is 6.26 Å². The van der Waals surface area contributed by atoms with Gasteiger partial charge in [0.05, 0.1) is 12.8 Å². The monoisotopic (exact) mass is 232 g/mol. The van der Waals surface area contributed by atoms with E-state index in [4.69, 9.17) is 4.42 Å². The first-order valence-electron chi connectivity index (χ1n) is 5.73. The summed E-state index contributed by atoms with van der Waals surface area (Å²) < 4.78 is 5.40.